The monoisotopic (exact) mass is 421 g/mol. The summed E-state index contributed by atoms with van der Waals surface area (Å²) in [5.41, 5.74) is -0.327. The predicted octanol–water partition coefficient (Wildman–Crippen LogP) is 5.10. The van der Waals surface area contributed by atoms with Crippen molar-refractivity contribution in [2.75, 3.05) is 13.2 Å². The number of para-hydroxylation sites is 2. The molecule has 0 aliphatic heterocycles. The standard InChI is InChI=1S/C22H31NO7/c1-3-5-7-11-15-28-21(24)17-20(22(25)29-16-12-8-6-4-2)30-19-14-10-9-13-18(19)23(26)27/h9-10,13-14,17H,3-8,11-12,15-16H2,1-2H3. The number of ether oxygens (including phenoxy) is 3. The topological polar surface area (TPSA) is 105 Å². The molecule has 1 aromatic rings. The van der Waals surface area contributed by atoms with Crippen LogP contribution in [0.3, 0.4) is 0 Å². The first-order chi connectivity index (χ1) is 14.5. The molecule has 0 fully saturated rings. The normalized spacial score (nSPS) is 11.1. The van der Waals surface area contributed by atoms with Gasteiger partial charge in [0.15, 0.2) is 0 Å². The van der Waals surface area contributed by atoms with Gasteiger partial charge in [-0.25, -0.2) is 9.59 Å². The van der Waals surface area contributed by atoms with Crippen molar-refractivity contribution in [2.24, 2.45) is 0 Å². The highest BCUT2D eigenvalue weighted by atomic mass is 16.6. The highest BCUT2D eigenvalue weighted by Gasteiger charge is 2.22. The van der Waals surface area contributed by atoms with Gasteiger partial charge in [-0.2, -0.15) is 0 Å². The van der Waals surface area contributed by atoms with Gasteiger partial charge in [-0.05, 0) is 18.9 Å². The second kappa shape index (κ2) is 15.0. The largest absolute Gasteiger partial charge is 0.462 e. The molecular weight excluding hydrogens is 390 g/mol. The molecular formula is C22H31NO7. The molecule has 0 aromatic heterocycles. The van der Waals surface area contributed by atoms with E-state index in [0.29, 0.717) is 6.42 Å². The molecule has 0 N–H and O–H groups in total. The second-order valence-corrected chi connectivity index (χ2v) is 6.76. The van der Waals surface area contributed by atoms with Crippen LogP contribution in [0.1, 0.15) is 65.2 Å². The summed E-state index contributed by atoms with van der Waals surface area (Å²) in [5, 5.41) is 11.2. The molecule has 8 nitrogen and oxygen atoms in total. The summed E-state index contributed by atoms with van der Waals surface area (Å²) in [6.07, 6.45) is 8.30. The van der Waals surface area contributed by atoms with Crippen LogP contribution in [-0.2, 0) is 19.1 Å². The SMILES string of the molecule is CCCCCCOC(=O)C=C(Oc1ccccc1[N+](=O)[O-])C(=O)OCCCCCC. The van der Waals surface area contributed by atoms with E-state index in [2.05, 4.69) is 13.8 Å². The number of carbonyl (C=O) groups excluding carboxylic acids is 2. The number of nitrogens with zero attached hydrogens (tertiary/aromatic N) is 1. The van der Waals surface area contributed by atoms with Crippen LogP contribution in [-0.4, -0.2) is 30.1 Å². The highest BCUT2D eigenvalue weighted by Crippen LogP contribution is 2.28. The Balaban J connectivity index is 2.84. The number of rotatable bonds is 15. The number of benzene rings is 1. The van der Waals surface area contributed by atoms with Crippen LogP contribution in [0.25, 0.3) is 0 Å². The summed E-state index contributed by atoms with van der Waals surface area (Å²) in [4.78, 5) is 35.1. The van der Waals surface area contributed by atoms with Crippen LogP contribution in [0.2, 0.25) is 0 Å². The maximum Gasteiger partial charge on any atom is 0.374 e. The molecule has 0 unspecified atom stereocenters. The van der Waals surface area contributed by atoms with Gasteiger partial charge in [0.25, 0.3) is 0 Å². The van der Waals surface area contributed by atoms with Crippen LogP contribution in [0.4, 0.5) is 5.69 Å². The van der Waals surface area contributed by atoms with Crippen molar-refractivity contribution in [2.45, 2.75) is 65.2 Å². The number of nitro groups is 1. The Hall–Kier alpha value is -2.90. The number of nitro benzene ring substituents is 1. The molecule has 0 aliphatic carbocycles. The van der Waals surface area contributed by atoms with E-state index >= 15 is 0 Å². The zero-order valence-electron chi connectivity index (χ0n) is 17.8. The van der Waals surface area contributed by atoms with Crippen molar-refractivity contribution in [1.82, 2.24) is 0 Å². The summed E-state index contributed by atoms with van der Waals surface area (Å²) in [7, 11) is 0. The maximum atomic E-state index is 12.4. The van der Waals surface area contributed by atoms with E-state index in [4.69, 9.17) is 14.2 Å². The summed E-state index contributed by atoms with van der Waals surface area (Å²) in [6.45, 7) is 4.54. The van der Waals surface area contributed by atoms with Crippen molar-refractivity contribution in [3.05, 3.63) is 46.2 Å². The van der Waals surface area contributed by atoms with Gasteiger partial charge in [-0.3, -0.25) is 10.1 Å². The fourth-order valence-corrected chi connectivity index (χ4v) is 2.56. The molecule has 0 bridgehead atoms. The number of unbranched alkanes of at least 4 members (excludes halogenated alkanes) is 6. The Kier molecular flexibility index (Phi) is 12.6. The smallest absolute Gasteiger partial charge is 0.374 e. The molecule has 0 heterocycles. The average molecular weight is 421 g/mol. The predicted molar refractivity (Wildman–Crippen MR) is 112 cm³/mol. The van der Waals surface area contributed by atoms with Crippen molar-refractivity contribution in [3.8, 4) is 5.75 Å². The summed E-state index contributed by atoms with van der Waals surface area (Å²) < 4.78 is 15.7. The van der Waals surface area contributed by atoms with Gasteiger partial charge >= 0.3 is 17.6 Å². The average Bonchev–Trinajstić information content (AvgIpc) is 2.73. The van der Waals surface area contributed by atoms with Gasteiger partial charge in [0.2, 0.25) is 11.5 Å². The summed E-state index contributed by atoms with van der Waals surface area (Å²) >= 11 is 0. The Morgan fingerprint density at radius 1 is 0.933 bits per heavy atom. The third-order valence-corrected chi connectivity index (χ3v) is 4.21. The summed E-state index contributed by atoms with van der Waals surface area (Å²) in [6, 6.07) is 5.60. The minimum absolute atomic E-state index is 0.160. The van der Waals surface area contributed by atoms with Crippen LogP contribution in [0, 0.1) is 10.1 Å². The van der Waals surface area contributed by atoms with Gasteiger partial charge in [0.05, 0.1) is 24.2 Å². The van der Waals surface area contributed by atoms with E-state index in [9.17, 15) is 19.7 Å². The van der Waals surface area contributed by atoms with Gasteiger partial charge in [-0.1, -0.05) is 64.5 Å². The van der Waals surface area contributed by atoms with Crippen LogP contribution in [0.5, 0.6) is 5.75 Å². The third-order valence-electron chi connectivity index (χ3n) is 4.21. The van der Waals surface area contributed by atoms with Crippen molar-refractivity contribution in [3.63, 3.8) is 0 Å². The van der Waals surface area contributed by atoms with Gasteiger partial charge in [-0.15, -0.1) is 0 Å². The lowest BCUT2D eigenvalue weighted by atomic mass is 10.2. The number of esters is 2. The molecule has 30 heavy (non-hydrogen) atoms. The fraction of sp³-hybridized carbons (Fsp3) is 0.545. The number of hydrogen-bond acceptors (Lipinski definition) is 7. The summed E-state index contributed by atoms with van der Waals surface area (Å²) in [5.74, 6) is -2.23. The zero-order valence-corrected chi connectivity index (χ0v) is 17.8. The Bertz CT molecular complexity index is 715. The first-order valence-electron chi connectivity index (χ1n) is 10.5. The van der Waals surface area contributed by atoms with Crippen molar-refractivity contribution < 1.29 is 28.7 Å². The lowest BCUT2D eigenvalue weighted by Gasteiger charge is -2.10. The van der Waals surface area contributed by atoms with E-state index in [1.807, 2.05) is 0 Å². The van der Waals surface area contributed by atoms with Crippen LogP contribution in [0.15, 0.2) is 36.1 Å². The van der Waals surface area contributed by atoms with E-state index in [1.165, 1.54) is 24.3 Å². The highest BCUT2D eigenvalue weighted by molar-refractivity contribution is 5.95. The molecule has 1 aromatic carbocycles. The van der Waals surface area contributed by atoms with Gasteiger partial charge in [0, 0.05) is 6.07 Å². The van der Waals surface area contributed by atoms with Crippen molar-refractivity contribution in [1.29, 1.82) is 0 Å². The second-order valence-electron chi connectivity index (χ2n) is 6.76. The molecule has 0 atom stereocenters. The maximum absolute atomic E-state index is 12.4. The molecule has 0 radical (unpaired) electrons. The van der Waals surface area contributed by atoms with E-state index in [-0.39, 0.29) is 24.7 Å². The van der Waals surface area contributed by atoms with Crippen molar-refractivity contribution >= 4 is 17.6 Å². The van der Waals surface area contributed by atoms with Crippen LogP contribution >= 0.6 is 0 Å². The minimum Gasteiger partial charge on any atom is -0.462 e. The number of hydrogen-bond donors (Lipinski definition) is 0. The molecule has 0 spiro atoms. The quantitative estimate of drug-likeness (QED) is 0.0968. The molecule has 0 saturated heterocycles. The lowest BCUT2D eigenvalue weighted by molar-refractivity contribution is -0.385. The molecule has 0 saturated carbocycles. The Morgan fingerprint density at radius 3 is 2.13 bits per heavy atom. The third kappa shape index (κ3) is 10.0. The van der Waals surface area contributed by atoms with E-state index in [1.54, 1.807) is 0 Å². The van der Waals surface area contributed by atoms with Gasteiger partial charge in [0.1, 0.15) is 0 Å². The number of carbonyl (C=O) groups is 2. The lowest BCUT2D eigenvalue weighted by Crippen LogP contribution is -2.17. The fourth-order valence-electron chi connectivity index (χ4n) is 2.56. The molecule has 0 amide bonds. The minimum atomic E-state index is -0.868. The Labute approximate surface area is 177 Å². The molecule has 166 valence electrons. The molecule has 8 heteroatoms. The van der Waals surface area contributed by atoms with Crippen LogP contribution < -0.4 is 4.74 Å². The zero-order chi connectivity index (χ0) is 22.2. The Morgan fingerprint density at radius 2 is 1.53 bits per heavy atom. The van der Waals surface area contributed by atoms with E-state index in [0.717, 1.165) is 51.0 Å². The molecule has 0 aliphatic rings. The first kappa shape index (κ1) is 25.1. The molecule has 1 rings (SSSR count). The first-order valence-corrected chi connectivity index (χ1v) is 10.5. The van der Waals surface area contributed by atoms with E-state index < -0.39 is 22.6 Å². The van der Waals surface area contributed by atoms with Gasteiger partial charge < -0.3 is 14.2 Å².